The van der Waals surface area contributed by atoms with Crippen molar-refractivity contribution >= 4 is 11.5 Å². The molecule has 0 unspecified atom stereocenters. The Balaban J connectivity index is 1.95. The number of allylic oxidation sites excluding steroid dienone is 9. The fourth-order valence-electron chi connectivity index (χ4n) is 3.03. The molecule has 0 aliphatic heterocycles. The van der Waals surface area contributed by atoms with Gasteiger partial charge in [0, 0.05) is 16.8 Å². The molecule has 1 aliphatic carbocycles. The quantitative estimate of drug-likeness (QED) is 0.701. The number of nitrogens with one attached hydrogen (secondary N) is 2. The molecule has 0 saturated carbocycles. The highest BCUT2D eigenvalue weighted by Gasteiger charge is 2.13. The Morgan fingerprint density at radius 2 is 2.07 bits per heavy atom. The first-order chi connectivity index (χ1) is 14.5. The van der Waals surface area contributed by atoms with Gasteiger partial charge in [-0.05, 0) is 55.0 Å². The van der Waals surface area contributed by atoms with Crippen molar-refractivity contribution in [1.82, 2.24) is 20.5 Å². The number of nitrogens with zero attached hydrogens (tertiary/aromatic N) is 2. The highest BCUT2D eigenvalue weighted by molar-refractivity contribution is 5.97. The molecular formula is C25H24N4O. The Bertz CT molecular complexity index is 1140. The second-order valence-corrected chi connectivity index (χ2v) is 6.68. The van der Waals surface area contributed by atoms with E-state index in [1.165, 1.54) is 6.20 Å². The summed E-state index contributed by atoms with van der Waals surface area (Å²) in [5.74, 6) is -0.211. The number of pyridine rings is 1. The van der Waals surface area contributed by atoms with Crippen LogP contribution < -0.4 is 5.32 Å². The van der Waals surface area contributed by atoms with Crippen LogP contribution in [0.4, 0.5) is 0 Å². The number of amides is 1. The van der Waals surface area contributed by atoms with Crippen LogP contribution in [-0.2, 0) is 4.79 Å². The number of H-pyrrole nitrogens is 1. The van der Waals surface area contributed by atoms with Crippen molar-refractivity contribution in [3.05, 3.63) is 114 Å². The van der Waals surface area contributed by atoms with E-state index in [4.69, 9.17) is 0 Å². The summed E-state index contributed by atoms with van der Waals surface area (Å²) in [7, 11) is 0. The molecular weight excluding hydrogens is 372 g/mol. The Hall–Kier alpha value is -3.99. The van der Waals surface area contributed by atoms with Crippen molar-refractivity contribution in [3.63, 3.8) is 0 Å². The Labute approximate surface area is 176 Å². The summed E-state index contributed by atoms with van der Waals surface area (Å²) in [6.07, 6.45) is 16.5. The van der Waals surface area contributed by atoms with Crippen LogP contribution in [0.1, 0.15) is 18.2 Å². The number of hydrogen-bond acceptors (Lipinski definition) is 3. The lowest BCUT2D eigenvalue weighted by molar-refractivity contribution is -0.116. The van der Waals surface area contributed by atoms with Crippen LogP contribution in [-0.4, -0.2) is 21.1 Å². The largest absolute Gasteiger partial charge is 0.329 e. The maximum absolute atomic E-state index is 12.1. The summed E-state index contributed by atoms with van der Waals surface area (Å²) in [6.45, 7) is 11.5. The lowest BCUT2D eigenvalue weighted by Gasteiger charge is -2.09. The van der Waals surface area contributed by atoms with Crippen LogP contribution >= 0.6 is 0 Å². The van der Waals surface area contributed by atoms with Gasteiger partial charge in [0.2, 0.25) is 0 Å². The third kappa shape index (κ3) is 4.70. The first-order valence-electron chi connectivity index (χ1n) is 9.56. The summed E-state index contributed by atoms with van der Waals surface area (Å²) >= 11 is 0. The monoisotopic (exact) mass is 396 g/mol. The van der Waals surface area contributed by atoms with Crippen molar-refractivity contribution < 1.29 is 4.79 Å². The van der Waals surface area contributed by atoms with Gasteiger partial charge in [0.25, 0.3) is 5.91 Å². The maximum atomic E-state index is 12.1. The lowest BCUT2D eigenvalue weighted by Crippen LogP contribution is -2.18. The average molecular weight is 396 g/mol. The van der Waals surface area contributed by atoms with Gasteiger partial charge in [-0.1, -0.05) is 55.7 Å². The number of aryl methyl sites for hydroxylation is 1. The van der Waals surface area contributed by atoms with E-state index in [1.807, 2.05) is 62.4 Å². The predicted octanol–water partition coefficient (Wildman–Crippen LogP) is 4.98. The molecule has 0 radical (unpaired) electrons. The van der Waals surface area contributed by atoms with E-state index in [0.717, 1.165) is 39.4 Å². The normalized spacial score (nSPS) is 19.4. The average Bonchev–Trinajstić information content (AvgIpc) is 3.21. The van der Waals surface area contributed by atoms with Gasteiger partial charge in [0.05, 0.1) is 17.6 Å². The maximum Gasteiger partial charge on any atom is 0.254 e. The number of rotatable bonds is 5. The zero-order valence-corrected chi connectivity index (χ0v) is 17.1. The highest BCUT2D eigenvalue weighted by Crippen LogP contribution is 2.29. The van der Waals surface area contributed by atoms with Crippen molar-refractivity contribution in [1.29, 1.82) is 0 Å². The fourth-order valence-corrected chi connectivity index (χ4v) is 3.03. The van der Waals surface area contributed by atoms with E-state index in [9.17, 15) is 4.79 Å². The van der Waals surface area contributed by atoms with Gasteiger partial charge in [-0.25, -0.2) is 0 Å². The molecule has 0 bridgehead atoms. The minimum Gasteiger partial charge on any atom is -0.329 e. The van der Waals surface area contributed by atoms with Gasteiger partial charge in [-0.3, -0.25) is 14.9 Å². The molecule has 0 spiro atoms. The molecule has 2 aromatic rings. The van der Waals surface area contributed by atoms with Gasteiger partial charge in [0.15, 0.2) is 0 Å². The molecule has 0 atom stereocenters. The lowest BCUT2D eigenvalue weighted by atomic mass is 9.97. The second kappa shape index (κ2) is 9.47. The van der Waals surface area contributed by atoms with Gasteiger partial charge >= 0.3 is 0 Å². The van der Waals surface area contributed by atoms with Crippen LogP contribution in [0.15, 0.2) is 103 Å². The third-order valence-corrected chi connectivity index (χ3v) is 4.60. The van der Waals surface area contributed by atoms with E-state index in [-0.39, 0.29) is 5.91 Å². The fraction of sp³-hybridized carbons (Fsp3) is 0.0800. The van der Waals surface area contributed by atoms with Crippen molar-refractivity contribution in [3.8, 4) is 11.4 Å². The summed E-state index contributed by atoms with van der Waals surface area (Å²) in [6, 6.07) is 5.90. The van der Waals surface area contributed by atoms with Gasteiger partial charge in [-0.2, -0.15) is 5.10 Å². The van der Waals surface area contributed by atoms with Crippen LogP contribution in [0.3, 0.4) is 0 Å². The molecule has 150 valence electrons. The molecule has 2 N–H and O–H groups in total. The summed E-state index contributed by atoms with van der Waals surface area (Å²) in [5, 5.41) is 9.87. The minimum atomic E-state index is -0.211. The van der Waals surface area contributed by atoms with Crippen molar-refractivity contribution in [2.24, 2.45) is 0 Å². The summed E-state index contributed by atoms with van der Waals surface area (Å²) in [5.41, 5.74) is 6.76. The molecule has 1 amide bonds. The van der Waals surface area contributed by atoms with Crippen molar-refractivity contribution in [2.75, 3.05) is 0 Å². The molecule has 5 nitrogen and oxygen atoms in total. The molecule has 2 aromatic heterocycles. The Morgan fingerprint density at radius 3 is 2.80 bits per heavy atom. The van der Waals surface area contributed by atoms with E-state index in [2.05, 4.69) is 33.7 Å². The molecule has 1 aliphatic rings. The first kappa shape index (κ1) is 20.7. The van der Waals surface area contributed by atoms with Crippen LogP contribution in [0.2, 0.25) is 0 Å². The van der Waals surface area contributed by atoms with Crippen molar-refractivity contribution in [2.45, 2.75) is 13.8 Å². The van der Waals surface area contributed by atoms with Crippen LogP contribution in [0, 0.1) is 6.92 Å². The Morgan fingerprint density at radius 1 is 1.23 bits per heavy atom. The minimum absolute atomic E-state index is 0.211. The molecule has 0 saturated heterocycles. The molecule has 0 fully saturated rings. The van der Waals surface area contributed by atoms with Gasteiger partial charge in [-0.15, -0.1) is 0 Å². The second-order valence-electron chi connectivity index (χ2n) is 6.68. The number of hydrogen-bond donors (Lipinski definition) is 2. The van der Waals surface area contributed by atoms with E-state index >= 15 is 0 Å². The SMILES string of the molecule is C=CNC(=O)C(/C=C1/C=C/C=C(c2cn[nH]c2-c2cccc(C)n2)/C=C\C1=C)=C/C. The zero-order chi connectivity index (χ0) is 21.5. The van der Waals surface area contributed by atoms with Crippen LogP contribution in [0.5, 0.6) is 0 Å². The van der Waals surface area contributed by atoms with E-state index in [0.29, 0.717) is 5.57 Å². The Kier molecular flexibility index (Phi) is 6.55. The summed E-state index contributed by atoms with van der Waals surface area (Å²) < 4.78 is 0. The van der Waals surface area contributed by atoms with E-state index in [1.54, 1.807) is 18.3 Å². The molecule has 2 heterocycles. The smallest absolute Gasteiger partial charge is 0.254 e. The zero-order valence-electron chi connectivity index (χ0n) is 17.1. The predicted molar refractivity (Wildman–Crippen MR) is 122 cm³/mol. The number of carbonyl (C=O) groups is 1. The molecule has 5 heteroatoms. The van der Waals surface area contributed by atoms with Gasteiger partial charge < -0.3 is 5.32 Å². The van der Waals surface area contributed by atoms with Crippen LogP contribution in [0.25, 0.3) is 17.0 Å². The number of carbonyl (C=O) groups excluding carboxylic acids is 1. The third-order valence-electron chi connectivity index (χ3n) is 4.60. The van der Waals surface area contributed by atoms with E-state index < -0.39 is 0 Å². The van der Waals surface area contributed by atoms with Gasteiger partial charge in [0.1, 0.15) is 0 Å². The topological polar surface area (TPSA) is 70.7 Å². The standard InChI is InChI=1S/C25H24N4O/c1-5-19(25(30)26-6-2)15-21-11-8-10-20(14-13-17(21)3)22-16-27-29-24(22)23-12-7-9-18(4)28-23/h5-16H,2-3H2,1,4H3,(H,26,30)(H,27,29)/b11-8+,14-13-,19-5+,20-10-,21-15-. The number of aromatic amines is 1. The molecule has 0 aromatic carbocycles. The molecule has 3 rings (SSSR count). The molecule has 30 heavy (non-hydrogen) atoms. The number of aromatic nitrogens is 3. The first-order valence-corrected chi connectivity index (χ1v) is 9.56. The summed E-state index contributed by atoms with van der Waals surface area (Å²) in [4.78, 5) is 16.7. The highest BCUT2D eigenvalue weighted by atomic mass is 16.1.